The summed E-state index contributed by atoms with van der Waals surface area (Å²) in [5.41, 5.74) is 0.770. The molecule has 0 amide bonds. The maximum atomic E-state index is 13.9. The monoisotopic (exact) mass is 354 g/mol. The van der Waals surface area contributed by atoms with Crippen LogP contribution in [0.15, 0.2) is 42.5 Å². The van der Waals surface area contributed by atoms with E-state index >= 15 is 0 Å². The molecule has 2 aromatic rings. The van der Waals surface area contributed by atoms with E-state index in [0.29, 0.717) is 0 Å². The molecule has 1 atom stereocenters. The molecule has 0 radical (unpaired) electrons. The molecular formula is C16H13BrF2O2. The van der Waals surface area contributed by atoms with E-state index in [1.807, 2.05) is 18.2 Å². The van der Waals surface area contributed by atoms with Gasteiger partial charge in [-0.2, -0.15) is 0 Å². The molecule has 0 spiro atoms. The first-order chi connectivity index (χ1) is 9.99. The van der Waals surface area contributed by atoms with Crippen LogP contribution in [-0.4, -0.2) is 10.6 Å². The Morgan fingerprint density at radius 3 is 2.29 bits per heavy atom. The molecule has 0 unspecified atom stereocenters. The first kappa shape index (κ1) is 15.6. The molecule has 0 heterocycles. The molecule has 0 saturated heterocycles. The maximum absolute atomic E-state index is 13.9. The van der Waals surface area contributed by atoms with Crippen LogP contribution in [0.25, 0.3) is 0 Å². The largest absolute Gasteiger partial charge is 0.483 e. The predicted octanol–water partition coefficient (Wildman–Crippen LogP) is 4.51. The SMILES string of the molecule is C[C@@H](Br)C(=O)c1cc(F)c(OCc2ccccc2)c(F)c1. The first-order valence-corrected chi connectivity index (χ1v) is 7.24. The Balaban J connectivity index is 2.19. The highest BCUT2D eigenvalue weighted by Gasteiger charge is 2.19. The number of halogens is 3. The Hall–Kier alpha value is -1.75. The van der Waals surface area contributed by atoms with Gasteiger partial charge in [0.15, 0.2) is 23.2 Å². The number of carbonyl (C=O) groups excluding carboxylic acids is 1. The summed E-state index contributed by atoms with van der Waals surface area (Å²) >= 11 is 3.08. The second-order valence-electron chi connectivity index (χ2n) is 4.52. The van der Waals surface area contributed by atoms with Crippen LogP contribution in [0.4, 0.5) is 8.78 Å². The quantitative estimate of drug-likeness (QED) is 0.583. The van der Waals surface area contributed by atoms with Crippen molar-refractivity contribution in [2.24, 2.45) is 0 Å². The zero-order valence-corrected chi connectivity index (χ0v) is 12.9. The standard InChI is InChI=1S/C16H13BrF2O2/c1-10(17)15(20)12-7-13(18)16(14(19)8-12)21-9-11-5-3-2-4-6-11/h2-8,10H,9H2,1H3/t10-/m1/s1. The van der Waals surface area contributed by atoms with Gasteiger partial charge < -0.3 is 4.74 Å². The van der Waals surface area contributed by atoms with Gasteiger partial charge in [0.1, 0.15) is 6.61 Å². The topological polar surface area (TPSA) is 26.3 Å². The third-order valence-corrected chi connectivity index (χ3v) is 3.29. The zero-order valence-electron chi connectivity index (χ0n) is 11.3. The summed E-state index contributed by atoms with van der Waals surface area (Å²) in [7, 11) is 0. The van der Waals surface area contributed by atoms with Crippen molar-refractivity contribution in [3.63, 3.8) is 0 Å². The van der Waals surface area contributed by atoms with Gasteiger partial charge in [0.25, 0.3) is 0 Å². The van der Waals surface area contributed by atoms with Crippen LogP contribution in [-0.2, 0) is 6.61 Å². The zero-order chi connectivity index (χ0) is 15.4. The number of ether oxygens (including phenoxy) is 1. The van der Waals surface area contributed by atoms with Crippen LogP contribution in [0.2, 0.25) is 0 Å². The maximum Gasteiger partial charge on any atom is 0.191 e. The van der Waals surface area contributed by atoms with Crippen molar-refractivity contribution < 1.29 is 18.3 Å². The number of Topliss-reactive ketones (excluding diaryl/α,β-unsaturated/α-hetero) is 1. The van der Waals surface area contributed by atoms with Crippen molar-refractivity contribution >= 4 is 21.7 Å². The Labute approximate surface area is 129 Å². The van der Waals surface area contributed by atoms with Gasteiger partial charge in [0.05, 0.1) is 4.83 Å². The van der Waals surface area contributed by atoms with E-state index in [1.165, 1.54) is 0 Å². The van der Waals surface area contributed by atoms with Gasteiger partial charge in [0, 0.05) is 5.56 Å². The molecule has 2 aromatic carbocycles. The molecule has 0 aliphatic carbocycles. The van der Waals surface area contributed by atoms with Crippen molar-refractivity contribution in [2.45, 2.75) is 18.4 Å². The van der Waals surface area contributed by atoms with E-state index < -0.39 is 22.2 Å². The summed E-state index contributed by atoms with van der Waals surface area (Å²) in [5, 5.41) is 0. The second-order valence-corrected chi connectivity index (χ2v) is 5.90. The van der Waals surface area contributed by atoms with Crippen LogP contribution >= 0.6 is 15.9 Å². The lowest BCUT2D eigenvalue weighted by Crippen LogP contribution is -2.11. The molecule has 0 aliphatic heterocycles. The third-order valence-electron chi connectivity index (χ3n) is 2.87. The van der Waals surface area contributed by atoms with E-state index in [-0.39, 0.29) is 18.0 Å². The molecule has 5 heteroatoms. The van der Waals surface area contributed by atoms with E-state index in [0.717, 1.165) is 17.7 Å². The predicted molar refractivity (Wildman–Crippen MR) is 79.9 cm³/mol. The summed E-state index contributed by atoms with van der Waals surface area (Å²) in [6.07, 6.45) is 0. The number of hydrogen-bond acceptors (Lipinski definition) is 2. The van der Waals surface area contributed by atoms with Gasteiger partial charge in [-0.25, -0.2) is 8.78 Å². The van der Waals surface area contributed by atoms with Crippen LogP contribution in [0.3, 0.4) is 0 Å². The van der Waals surface area contributed by atoms with Gasteiger partial charge in [-0.15, -0.1) is 0 Å². The van der Waals surface area contributed by atoms with Crippen LogP contribution in [0.5, 0.6) is 5.75 Å². The van der Waals surface area contributed by atoms with Crippen LogP contribution < -0.4 is 4.74 Å². The minimum absolute atomic E-state index is 0.0264. The van der Waals surface area contributed by atoms with Crippen molar-refractivity contribution in [1.29, 1.82) is 0 Å². The highest BCUT2D eigenvalue weighted by Crippen LogP contribution is 2.25. The molecule has 2 nitrogen and oxygen atoms in total. The molecule has 21 heavy (non-hydrogen) atoms. The summed E-state index contributed by atoms with van der Waals surface area (Å²) in [6.45, 7) is 1.65. The summed E-state index contributed by atoms with van der Waals surface area (Å²) in [5.74, 6) is -2.63. The fourth-order valence-corrected chi connectivity index (χ4v) is 2.06. The van der Waals surface area contributed by atoms with Gasteiger partial charge >= 0.3 is 0 Å². The Kier molecular flexibility index (Phi) is 5.07. The number of hydrogen-bond donors (Lipinski definition) is 0. The van der Waals surface area contributed by atoms with E-state index in [2.05, 4.69) is 15.9 Å². The molecular weight excluding hydrogens is 342 g/mol. The van der Waals surface area contributed by atoms with Gasteiger partial charge in [-0.05, 0) is 24.6 Å². The molecule has 0 aromatic heterocycles. The minimum atomic E-state index is -0.887. The number of benzene rings is 2. The van der Waals surface area contributed by atoms with E-state index in [9.17, 15) is 13.6 Å². The second kappa shape index (κ2) is 6.80. The number of carbonyl (C=O) groups is 1. The van der Waals surface area contributed by atoms with Crippen molar-refractivity contribution in [3.05, 3.63) is 65.2 Å². The third kappa shape index (κ3) is 3.88. The molecule has 0 N–H and O–H groups in total. The summed E-state index contributed by atoms with van der Waals surface area (Å²) in [4.78, 5) is 11.2. The average molecular weight is 355 g/mol. The Morgan fingerprint density at radius 2 is 1.76 bits per heavy atom. The highest BCUT2D eigenvalue weighted by atomic mass is 79.9. The summed E-state index contributed by atoms with van der Waals surface area (Å²) in [6, 6.07) is 11.0. The molecule has 110 valence electrons. The lowest BCUT2D eigenvalue weighted by atomic mass is 10.1. The van der Waals surface area contributed by atoms with Crippen LogP contribution in [0, 0.1) is 11.6 Å². The summed E-state index contributed by atoms with van der Waals surface area (Å²) < 4.78 is 33.0. The number of rotatable bonds is 5. The van der Waals surface area contributed by atoms with E-state index in [1.54, 1.807) is 19.1 Å². The van der Waals surface area contributed by atoms with Gasteiger partial charge in [0.2, 0.25) is 0 Å². The molecule has 0 aliphatic rings. The van der Waals surface area contributed by atoms with Crippen molar-refractivity contribution in [1.82, 2.24) is 0 Å². The molecule has 2 rings (SSSR count). The smallest absolute Gasteiger partial charge is 0.191 e. The average Bonchev–Trinajstić information content (AvgIpc) is 2.46. The minimum Gasteiger partial charge on any atom is -0.483 e. The molecule has 0 saturated carbocycles. The van der Waals surface area contributed by atoms with Crippen LogP contribution in [0.1, 0.15) is 22.8 Å². The number of ketones is 1. The molecule has 0 bridgehead atoms. The highest BCUT2D eigenvalue weighted by molar-refractivity contribution is 9.10. The van der Waals surface area contributed by atoms with E-state index in [4.69, 9.17) is 4.74 Å². The number of alkyl halides is 1. The van der Waals surface area contributed by atoms with Gasteiger partial charge in [-0.3, -0.25) is 4.79 Å². The normalized spacial score (nSPS) is 12.0. The Bertz CT molecular complexity index is 619. The fraction of sp³-hybridized carbons (Fsp3) is 0.188. The Morgan fingerprint density at radius 1 is 1.19 bits per heavy atom. The lowest BCUT2D eigenvalue weighted by molar-refractivity contribution is 0.0994. The fourth-order valence-electron chi connectivity index (χ4n) is 1.80. The molecule has 0 fully saturated rings. The van der Waals surface area contributed by atoms with Gasteiger partial charge in [-0.1, -0.05) is 46.3 Å². The van der Waals surface area contributed by atoms with Crippen molar-refractivity contribution in [3.8, 4) is 5.75 Å². The van der Waals surface area contributed by atoms with Crippen molar-refractivity contribution in [2.75, 3.05) is 0 Å². The first-order valence-electron chi connectivity index (χ1n) is 6.33. The lowest BCUT2D eigenvalue weighted by Gasteiger charge is -2.10.